The van der Waals surface area contributed by atoms with E-state index in [1.54, 1.807) is 0 Å². The smallest absolute Gasteiger partial charge is 0.310 e. The number of nitrogens with one attached hydrogen (secondary N) is 1. The first-order chi connectivity index (χ1) is 11.2. The van der Waals surface area contributed by atoms with Crippen LogP contribution in [0.25, 0.3) is 22.8 Å². The van der Waals surface area contributed by atoms with Gasteiger partial charge in [0.2, 0.25) is 11.5 Å². The van der Waals surface area contributed by atoms with Crippen LogP contribution in [-0.2, 0) is 0 Å². The molecule has 0 atom stereocenters. The molecule has 0 bridgehead atoms. The molecule has 0 spiro atoms. The minimum absolute atomic E-state index is 0.0476. The molecule has 1 aliphatic heterocycles. The molecule has 4 heterocycles. The Morgan fingerprint density at radius 3 is 2.22 bits per heavy atom. The van der Waals surface area contributed by atoms with Crippen molar-refractivity contribution in [1.29, 1.82) is 0 Å². The highest BCUT2D eigenvalue weighted by Gasteiger charge is 2.29. The van der Waals surface area contributed by atoms with Crippen molar-refractivity contribution in [3.63, 3.8) is 0 Å². The van der Waals surface area contributed by atoms with Crippen molar-refractivity contribution in [2.75, 3.05) is 38.1 Å². The molecule has 1 fully saturated rings. The number of anilines is 1. The van der Waals surface area contributed by atoms with Gasteiger partial charge >= 0.3 is 5.56 Å². The highest BCUT2D eigenvalue weighted by atomic mass is 16.6. The molecule has 120 valence electrons. The summed E-state index contributed by atoms with van der Waals surface area (Å²) in [6.07, 6.45) is 0. The second kappa shape index (κ2) is 5.31. The summed E-state index contributed by atoms with van der Waals surface area (Å²) in [6, 6.07) is 0. The van der Waals surface area contributed by atoms with Gasteiger partial charge in [-0.15, -0.1) is 0 Å². The fourth-order valence-corrected chi connectivity index (χ4v) is 2.41. The molecule has 0 saturated carbocycles. The third-order valence-corrected chi connectivity index (χ3v) is 3.70. The molecule has 0 radical (unpaired) electrons. The van der Waals surface area contributed by atoms with E-state index in [2.05, 4.69) is 47.5 Å². The predicted molar refractivity (Wildman–Crippen MR) is 73.4 cm³/mol. The summed E-state index contributed by atoms with van der Waals surface area (Å²) in [4.78, 5) is 15.9. The molecule has 0 unspecified atom stereocenters. The van der Waals surface area contributed by atoms with E-state index in [-0.39, 0.29) is 17.1 Å². The van der Waals surface area contributed by atoms with Gasteiger partial charge in [0.05, 0.1) is 0 Å². The Hall–Kier alpha value is -3.02. The number of hydrogen-bond acceptors (Lipinski definition) is 11. The van der Waals surface area contributed by atoms with Gasteiger partial charge < -0.3 is 9.80 Å². The Labute approximate surface area is 127 Å². The molecule has 12 nitrogen and oxygen atoms in total. The van der Waals surface area contributed by atoms with Crippen LogP contribution in [0.4, 0.5) is 5.82 Å². The van der Waals surface area contributed by atoms with Crippen molar-refractivity contribution in [2.24, 2.45) is 0 Å². The second-order valence-corrected chi connectivity index (χ2v) is 5.15. The van der Waals surface area contributed by atoms with E-state index in [9.17, 15) is 4.79 Å². The van der Waals surface area contributed by atoms with Crippen LogP contribution in [0.5, 0.6) is 0 Å². The standard InChI is InChI=1S/C11H12N8O4/c1-18-2-4-19(5-3-18)10-8(14-22-16-10)6-7(13-21-12-6)9-11(20)17-23-15-9/h2-5H2,1H3,(H,17,20). The maximum atomic E-state index is 11.7. The number of likely N-dealkylation sites (N-methyl/N-ethyl adjacent to an activating group) is 1. The van der Waals surface area contributed by atoms with Crippen LogP contribution in [-0.4, -0.2) is 69.1 Å². The van der Waals surface area contributed by atoms with Gasteiger partial charge in [0.15, 0.2) is 17.1 Å². The van der Waals surface area contributed by atoms with E-state index in [0.717, 1.165) is 26.2 Å². The van der Waals surface area contributed by atoms with Crippen LogP contribution in [0.2, 0.25) is 0 Å². The molecule has 1 aliphatic rings. The fraction of sp³-hybridized carbons (Fsp3) is 0.455. The topological polar surface area (TPSA) is 143 Å². The van der Waals surface area contributed by atoms with E-state index in [0.29, 0.717) is 11.5 Å². The van der Waals surface area contributed by atoms with Gasteiger partial charge in [-0.2, -0.15) is 5.16 Å². The van der Waals surface area contributed by atoms with Crippen LogP contribution in [0.3, 0.4) is 0 Å². The molecule has 1 saturated heterocycles. The summed E-state index contributed by atoms with van der Waals surface area (Å²) in [7, 11) is 2.05. The van der Waals surface area contributed by atoms with E-state index in [1.165, 1.54) is 0 Å². The monoisotopic (exact) mass is 320 g/mol. The minimum Gasteiger partial charge on any atom is -0.349 e. The Bertz CT molecular complexity index is 855. The molecule has 23 heavy (non-hydrogen) atoms. The summed E-state index contributed by atoms with van der Waals surface area (Å²) in [6.45, 7) is 3.31. The summed E-state index contributed by atoms with van der Waals surface area (Å²) in [5.41, 5.74) is 0.0898. The summed E-state index contributed by atoms with van der Waals surface area (Å²) < 4.78 is 14.1. The number of aromatic nitrogens is 6. The summed E-state index contributed by atoms with van der Waals surface area (Å²) >= 11 is 0. The largest absolute Gasteiger partial charge is 0.349 e. The van der Waals surface area contributed by atoms with Crippen LogP contribution in [0.15, 0.2) is 18.7 Å². The van der Waals surface area contributed by atoms with Gasteiger partial charge in [-0.1, -0.05) is 0 Å². The SMILES string of the molecule is CN1CCN(c2nonc2-c2nonc2-c2no[nH]c2=O)CC1. The number of nitrogens with zero attached hydrogens (tertiary/aromatic N) is 7. The second-order valence-electron chi connectivity index (χ2n) is 5.15. The maximum absolute atomic E-state index is 11.7. The van der Waals surface area contributed by atoms with Crippen molar-refractivity contribution in [1.82, 2.24) is 35.8 Å². The lowest BCUT2D eigenvalue weighted by atomic mass is 10.2. The van der Waals surface area contributed by atoms with Crippen LogP contribution < -0.4 is 10.5 Å². The normalized spacial score (nSPS) is 16.1. The lowest BCUT2D eigenvalue weighted by Crippen LogP contribution is -2.44. The van der Waals surface area contributed by atoms with Crippen molar-refractivity contribution in [3.8, 4) is 22.8 Å². The average Bonchev–Trinajstić information content (AvgIpc) is 3.26. The molecule has 0 aromatic carbocycles. The number of piperazine rings is 1. The molecule has 0 amide bonds. The fourth-order valence-electron chi connectivity index (χ4n) is 2.41. The molecule has 4 rings (SSSR count). The van der Waals surface area contributed by atoms with E-state index in [4.69, 9.17) is 9.26 Å². The number of hydrogen-bond donors (Lipinski definition) is 1. The predicted octanol–water partition coefficient (Wildman–Crippen LogP) is -0.785. The first kappa shape index (κ1) is 13.6. The first-order valence-corrected chi connectivity index (χ1v) is 6.87. The highest BCUT2D eigenvalue weighted by Crippen LogP contribution is 2.31. The van der Waals surface area contributed by atoms with E-state index < -0.39 is 5.56 Å². The van der Waals surface area contributed by atoms with Crippen molar-refractivity contribution in [3.05, 3.63) is 10.4 Å². The zero-order valence-electron chi connectivity index (χ0n) is 12.1. The highest BCUT2D eigenvalue weighted by molar-refractivity contribution is 5.78. The Kier molecular flexibility index (Phi) is 3.15. The van der Waals surface area contributed by atoms with E-state index in [1.807, 2.05) is 4.90 Å². The Balaban J connectivity index is 1.74. The average molecular weight is 320 g/mol. The first-order valence-electron chi connectivity index (χ1n) is 6.87. The summed E-state index contributed by atoms with van der Waals surface area (Å²) in [5, 5.41) is 21.0. The molecule has 3 aromatic rings. The van der Waals surface area contributed by atoms with Crippen LogP contribution in [0.1, 0.15) is 0 Å². The molecular formula is C11H12N8O4. The lowest BCUT2D eigenvalue weighted by molar-refractivity contribution is 0.295. The minimum atomic E-state index is -0.542. The lowest BCUT2D eigenvalue weighted by Gasteiger charge is -2.32. The van der Waals surface area contributed by atoms with Gasteiger partial charge in [-0.25, -0.2) is 9.26 Å². The van der Waals surface area contributed by atoms with Crippen molar-refractivity contribution >= 4 is 5.82 Å². The van der Waals surface area contributed by atoms with Crippen LogP contribution in [0, 0.1) is 0 Å². The van der Waals surface area contributed by atoms with Crippen LogP contribution >= 0.6 is 0 Å². The number of rotatable bonds is 3. The molecule has 12 heteroatoms. The zero-order valence-corrected chi connectivity index (χ0v) is 12.1. The molecular weight excluding hydrogens is 308 g/mol. The molecule has 0 aliphatic carbocycles. The zero-order chi connectivity index (χ0) is 15.8. The Morgan fingerprint density at radius 1 is 0.870 bits per heavy atom. The van der Waals surface area contributed by atoms with Crippen molar-refractivity contribution < 1.29 is 13.9 Å². The molecule has 3 aromatic heterocycles. The van der Waals surface area contributed by atoms with Gasteiger partial charge in [0, 0.05) is 26.2 Å². The van der Waals surface area contributed by atoms with Gasteiger partial charge in [0.1, 0.15) is 0 Å². The maximum Gasteiger partial charge on any atom is 0.310 e. The van der Waals surface area contributed by atoms with Gasteiger partial charge in [0.25, 0.3) is 0 Å². The van der Waals surface area contributed by atoms with Gasteiger partial charge in [-0.05, 0) is 32.8 Å². The molecule has 1 N–H and O–H groups in total. The number of H-pyrrole nitrogens is 1. The van der Waals surface area contributed by atoms with Crippen molar-refractivity contribution in [2.45, 2.75) is 0 Å². The third kappa shape index (κ3) is 2.28. The van der Waals surface area contributed by atoms with E-state index >= 15 is 0 Å². The number of aromatic amines is 1. The van der Waals surface area contributed by atoms with Gasteiger partial charge in [-0.3, -0.25) is 9.42 Å². The Morgan fingerprint density at radius 2 is 1.52 bits per heavy atom. The quantitative estimate of drug-likeness (QED) is 0.648. The summed E-state index contributed by atoms with van der Waals surface area (Å²) in [5.74, 6) is 0.523. The third-order valence-electron chi connectivity index (χ3n) is 3.70.